The van der Waals surface area contributed by atoms with E-state index in [2.05, 4.69) is 21.2 Å². The summed E-state index contributed by atoms with van der Waals surface area (Å²) in [5.74, 6) is 0.951. The second-order valence-electron chi connectivity index (χ2n) is 4.01. The van der Waals surface area contributed by atoms with Crippen molar-refractivity contribution in [2.45, 2.75) is 25.7 Å². The molecule has 3 heteroatoms. The predicted octanol–water partition coefficient (Wildman–Crippen LogP) is 3.61. The van der Waals surface area contributed by atoms with Crippen LogP contribution in [0.2, 0.25) is 0 Å². The minimum absolute atomic E-state index is 0.741. The maximum Gasteiger partial charge on any atom is 0.119 e. The number of hydrogen-bond donors (Lipinski definition) is 1. The van der Waals surface area contributed by atoms with Crippen LogP contribution in [0.15, 0.2) is 30.3 Å². The molecule has 1 rings (SSSR count). The van der Waals surface area contributed by atoms with Crippen molar-refractivity contribution in [3.63, 3.8) is 0 Å². The van der Waals surface area contributed by atoms with Gasteiger partial charge in [0.1, 0.15) is 12.4 Å². The number of halogens is 1. The van der Waals surface area contributed by atoms with E-state index in [0.717, 1.165) is 30.8 Å². The Kier molecular flexibility index (Phi) is 9.06. The summed E-state index contributed by atoms with van der Waals surface area (Å²) in [4.78, 5) is 0. The zero-order valence-electron chi connectivity index (χ0n) is 10.3. The summed E-state index contributed by atoms with van der Waals surface area (Å²) in [6, 6.07) is 9.96. The van der Waals surface area contributed by atoms with Crippen LogP contribution in [-0.4, -0.2) is 25.0 Å². The van der Waals surface area contributed by atoms with Gasteiger partial charge in [-0.1, -0.05) is 47.0 Å². The smallest absolute Gasteiger partial charge is 0.119 e. The third-order valence-corrected chi connectivity index (χ3v) is 3.09. The summed E-state index contributed by atoms with van der Waals surface area (Å²) in [5.41, 5.74) is 0. The monoisotopic (exact) mass is 299 g/mol. The molecule has 0 atom stereocenters. The third kappa shape index (κ3) is 8.22. The van der Waals surface area contributed by atoms with Gasteiger partial charge >= 0.3 is 0 Å². The Morgan fingerprint density at radius 2 is 1.71 bits per heavy atom. The van der Waals surface area contributed by atoms with Gasteiger partial charge in [-0.15, -0.1) is 0 Å². The average Bonchev–Trinajstić information content (AvgIpc) is 2.38. The van der Waals surface area contributed by atoms with Gasteiger partial charge in [0.15, 0.2) is 0 Å². The van der Waals surface area contributed by atoms with E-state index in [1.165, 1.54) is 25.7 Å². The summed E-state index contributed by atoms with van der Waals surface area (Å²) in [5, 5.41) is 4.53. The Labute approximate surface area is 113 Å². The summed E-state index contributed by atoms with van der Waals surface area (Å²) >= 11 is 3.44. The van der Waals surface area contributed by atoms with Gasteiger partial charge in [-0.3, -0.25) is 0 Å². The van der Waals surface area contributed by atoms with Crippen molar-refractivity contribution in [2.75, 3.05) is 25.0 Å². The Hall–Kier alpha value is -0.540. The van der Waals surface area contributed by atoms with Crippen LogP contribution in [0.4, 0.5) is 0 Å². The molecule has 0 bridgehead atoms. The molecular formula is C14H22BrNO. The van der Waals surface area contributed by atoms with Crippen LogP contribution in [0.1, 0.15) is 25.7 Å². The molecule has 1 aromatic carbocycles. The minimum atomic E-state index is 0.741. The molecule has 0 heterocycles. The maximum atomic E-state index is 5.58. The molecule has 96 valence electrons. The highest BCUT2D eigenvalue weighted by Crippen LogP contribution is 2.07. The van der Waals surface area contributed by atoms with E-state index in [1.807, 2.05) is 30.3 Å². The summed E-state index contributed by atoms with van der Waals surface area (Å²) < 4.78 is 5.58. The number of ether oxygens (including phenoxy) is 1. The second-order valence-corrected chi connectivity index (χ2v) is 4.81. The van der Waals surface area contributed by atoms with Gasteiger partial charge < -0.3 is 10.1 Å². The Morgan fingerprint density at radius 1 is 0.941 bits per heavy atom. The number of unbranched alkanes of at least 4 members (excludes halogenated alkanes) is 3. The molecule has 0 aliphatic heterocycles. The molecule has 0 fully saturated rings. The molecule has 0 saturated carbocycles. The normalized spacial score (nSPS) is 10.4. The van der Waals surface area contributed by atoms with Crippen LogP contribution in [-0.2, 0) is 0 Å². The van der Waals surface area contributed by atoms with Gasteiger partial charge in [-0.25, -0.2) is 0 Å². The van der Waals surface area contributed by atoms with Gasteiger partial charge in [-0.2, -0.15) is 0 Å². The molecule has 1 N–H and O–H groups in total. The van der Waals surface area contributed by atoms with E-state index in [9.17, 15) is 0 Å². The fourth-order valence-corrected chi connectivity index (χ4v) is 1.98. The SMILES string of the molecule is BrCCCCCCNCCOc1ccccc1. The highest BCUT2D eigenvalue weighted by Gasteiger charge is 1.92. The Morgan fingerprint density at radius 3 is 2.47 bits per heavy atom. The van der Waals surface area contributed by atoms with Crippen molar-refractivity contribution in [3.05, 3.63) is 30.3 Å². The van der Waals surface area contributed by atoms with Crippen molar-refractivity contribution in [2.24, 2.45) is 0 Å². The molecule has 0 amide bonds. The quantitative estimate of drug-likeness (QED) is 0.526. The molecule has 0 radical (unpaired) electrons. The molecule has 0 saturated heterocycles. The molecule has 0 spiro atoms. The molecular weight excluding hydrogens is 278 g/mol. The highest BCUT2D eigenvalue weighted by atomic mass is 79.9. The van der Waals surface area contributed by atoms with Crippen LogP contribution in [0.3, 0.4) is 0 Å². The van der Waals surface area contributed by atoms with Gasteiger partial charge in [0.2, 0.25) is 0 Å². The number of para-hydroxylation sites is 1. The van der Waals surface area contributed by atoms with E-state index < -0.39 is 0 Å². The molecule has 0 aromatic heterocycles. The van der Waals surface area contributed by atoms with Crippen LogP contribution < -0.4 is 10.1 Å². The Balaban J connectivity index is 1.85. The van der Waals surface area contributed by atoms with E-state index >= 15 is 0 Å². The number of rotatable bonds is 10. The predicted molar refractivity (Wildman–Crippen MR) is 77.1 cm³/mol. The Bertz CT molecular complexity index is 266. The lowest BCUT2D eigenvalue weighted by Crippen LogP contribution is -2.22. The lowest BCUT2D eigenvalue weighted by atomic mass is 10.2. The highest BCUT2D eigenvalue weighted by molar-refractivity contribution is 9.09. The first-order valence-corrected chi connectivity index (χ1v) is 7.50. The second kappa shape index (κ2) is 10.6. The van der Waals surface area contributed by atoms with Crippen molar-refractivity contribution in [3.8, 4) is 5.75 Å². The average molecular weight is 300 g/mol. The van der Waals surface area contributed by atoms with Crippen molar-refractivity contribution in [1.29, 1.82) is 0 Å². The molecule has 0 unspecified atom stereocenters. The zero-order valence-corrected chi connectivity index (χ0v) is 11.9. The maximum absolute atomic E-state index is 5.58. The molecule has 1 aromatic rings. The first-order chi connectivity index (χ1) is 8.43. The summed E-state index contributed by atoms with van der Waals surface area (Å²) in [6.45, 7) is 2.76. The van der Waals surface area contributed by atoms with Crippen molar-refractivity contribution < 1.29 is 4.74 Å². The van der Waals surface area contributed by atoms with Crippen molar-refractivity contribution in [1.82, 2.24) is 5.32 Å². The van der Waals surface area contributed by atoms with E-state index in [1.54, 1.807) is 0 Å². The van der Waals surface area contributed by atoms with Crippen LogP contribution in [0.5, 0.6) is 5.75 Å². The molecule has 2 nitrogen and oxygen atoms in total. The topological polar surface area (TPSA) is 21.3 Å². The van der Waals surface area contributed by atoms with Crippen LogP contribution >= 0.6 is 15.9 Å². The van der Waals surface area contributed by atoms with E-state index in [0.29, 0.717) is 0 Å². The molecule has 0 aliphatic rings. The largest absolute Gasteiger partial charge is 0.492 e. The fraction of sp³-hybridized carbons (Fsp3) is 0.571. The standard InChI is InChI=1S/C14H22BrNO/c15-10-6-1-2-7-11-16-12-13-17-14-8-4-3-5-9-14/h3-5,8-9,16H,1-2,6-7,10-13H2. The number of hydrogen-bond acceptors (Lipinski definition) is 2. The van der Waals surface area contributed by atoms with Gasteiger partial charge in [-0.05, 0) is 31.5 Å². The number of alkyl halides is 1. The summed E-state index contributed by atoms with van der Waals surface area (Å²) in [6.07, 6.45) is 5.20. The van der Waals surface area contributed by atoms with Crippen LogP contribution in [0, 0.1) is 0 Å². The lowest BCUT2D eigenvalue weighted by molar-refractivity contribution is 0.313. The fourth-order valence-electron chi connectivity index (χ4n) is 1.58. The van der Waals surface area contributed by atoms with Crippen LogP contribution in [0.25, 0.3) is 0 Å². The third-order valence-electron chi connectivity index (χ3n) is 2.53. The van der Waals surface area contributed by atoms with E-state index in [4.69, 9.17) is 4.74 Å². The molecule has 0 aliphatic carbocycles. The van der Waals surface area contributed by atoms with Gasteiger partial charge in [0, 0.05) is 11.9 Å². The number of benzene rings is 1. The van der Waals surface area contributed by atoms with E-state index in [-0.39, 0.29) is 0 Å². The summed E-state index contributed by atoms with van der Waals surface area (Å²) in [7, 11) is 0. The van der Waals surface area contributed by atoms with Gasteiger partial charge in [0.05, 0.1) is 0 Å². The lowest BCUT2D eigenvalue weighted by Gasteiger charge is -2.07. The first-order valence-electron chi connectivity index (χ1n) is 6.38. The zero-order chi connectivity index (χ0) is 12.2. The number of nitrogens with one attached hydrogen (secondary N) is 1. The minimum Gasteiger partial charge on any atom is -0.492 e. The molecule has 17 heavy (non-hydrogen) atoms. The van der Waals surface area contributed by atoms with Gasteiger partial charge in [0.25, 0.3) is 0 Å². The first kappa shape index (κ1) is 14.5. The van der Waals surface area contributed by atoms with Crippen molar-refractivity contribution >= 4 is 15.9 Å².